The SMILES string of the molecule is NC(=O)C1CCN(C(=O)c2nnn3c2CO[C@H](c2ccc(F)cc2)C3)CC1. The largest absolute Gasteiger partial charge is 0.369 e. The standard InChI is InChI=1S/C18H20FN5O3/c19-13-3-1-11(2-4-13)15-9-24-14(10-27-15)16(21-22-24)18(26)23-7-5-12(6-8-23)17(20)25/h1-4,12,15H,5-10H2,(H2,20,25)/t15-/m0/s1. The lowest BCUT2D eigenvalue weighted by molar-refractivity contribution is -0.123. The number of piperidine rings is 1. The minimum Gasteiger partial charge on any atom is -0.369 e. The van der Waals surface area contributed by atoms with Crippen molar-refractivity contribution in [2.75, 3.05) is 13.1 Å². The molecule has 0 bridgehead atoms. The van der Waals surface area contributed by atoms with E-state index >= 15 is 0 Å². The average Bonchev–Trinajstić information content (AvgIpc) is 3.11. The maximum Gasteiger partial charge on any atom is 0.276 e. The summed E-state index contributed by atoms with van der Waals surface area (Å²) in [7, 11) is 0. The maximum absolute atomic E-state index is 13.1. The van der Waals surface area contributed by atoms with Crippen LogP contribution < -0.4 is 5.73 Å². The summed E-state index contributed by atoms with van der Waals surface area (Å²) in [5, 5.41) is 8.16. The van der Waals surface area contributed by atoms with Gasteiger partial charge in [-0.15, -0.1) is 5.10 Å². The number of rotatable bonds is 3. The quantitative estimate of drug-likeness (QED) is 0.865. The highest BCUT2D eigenvalue weighted by Crippen LogP contribution is 2.28. The molecule has 2 N–H and O–H groups in total. The second kappa shape index (κ2) is 7.07. The number of fused-ring (bicyclic) bond motifs is 1. The topological polar surface area (TPSA) is 103 Å². The lowest BCUT2D eigenvalue weighted by Crippen LogP contribution is -2.42. The van der Waals surface area contributed by atoms with Gasteiger partial charge in [-0.05, 0) is 30.5 Å². The van der Waals surface area contributed by atoms with E-state index in [1.54, 1.807) is 21.7 Å². The number of nitrogens with zero attached hydrogens (tertiary/aromatic N) is 4. The Hall–Kier alpha value is -2.81. The van der Waals surface area contributed by atoms with Gasteiger partial charge in [-0.25, -0.2) is 9.07 Å². The summed E-state index contributed by atoms with van der Waals surface area (Å²) >= 11 is 0. The normalized spacial score (nSPS) is 20.3. The van der Waals surface area contributed by atoms with Crippen LogP contribution in [0.2, 0.25) is 0 Å². The molecule has 1 saturated heterocycles. The number of carbonyl (C=O) groups excluding carboxylic acids is 2. The summed E-state index contributed by atoms with van der Waals surface area (Å²) < 4.78 is 20.6. The number of carbonyl (C=O) groups is 2. The zero-order valence-corrected chi connectivity index (χ0v) is 14.7. The van der Waals surface area contributed by atoms with Crippen LogP contribution in [0.25, 0.3) is 0 Å². The van der Waals surface area contributed by atoms with E-state index in [2.05, 4.69) is 10.3 Å². The first-order valence-corrected chi connectivity index (χ1v) is 8.91. The number of benzene rings is 1. The van der Waals surface area contributed by atoms with Crippen molar-refractivity contribution in [1.29, 1.82) is 0 Å². The molecule has 0 spiro atoms. The van der Waals surface area contributed by atoms with E-state index in [0.29, 0.717) is 38.2 Å². The van der Waals surface area contributed by atoms with E-state index in [-0.39, 0.29) is 42.0 Å². The third-order valence-corrected chi connectivity index (χ3v) is 5.23. The fourth-order valence-corrected chi connectivity index (χ4v) is 3.57. The molecule has 2 amide bonds. The molecule has 142 valence electrons. The van der Waals surface area contributed by atoms with Crippen LogP contribution in [0.1, 0.15) is 40.7 Å². The van der Waals surface area contributed by atoms with Gasteiger partial charge in [0.15, 0.2) is 5.69 Å². The minimum absolute atomic E-state index is 0.178. The molecule has 8 nitrogen and oxygen atoms in total. The Labute approximate surface area is 155 Å². The van der Waals surface area contributed by atoms with Crippen LogP contribution in [0.3, 0.4) is 0 Å². The molecular formula is C18H20FN5O3. The first-order chi connectivity index (χ1) is 13.0. The summed E-state index contributed by atoms with van der Waals surface area (Å²) in [6, 6.07) is 6.13. The molecule has 2 aliphatic heterocycles. The van der Waals surface area contributed by atoms with Crippen molar-refractivity contribution in [3.05, 3.63) is 47.0 Å². The molecule has 2 aromatic rings. The lowest BCUT2D eigenvalue weighted by atomic mass is 9.96. The molecular weight excluding hydrogens is 353 g/mol. The van der Waals surface area contributed by atoms with E-state index in [1.165, 1.54) is 12.1 Å². The molecule has 0 radical (unpaired) electrons. The van der Waals surface area contributed by atoms with Crippen LogP contribution in [-0.2, 0) is 22.7 Å². The Morgan fingerprint density at radius 3 is 2.56 bits per heavy atom. The number of nitrogens with two attached hydrogens (primary N) is 1. The van der Waals surface area contributed by atoms with E-state index in [1.807, 2.05) is 0 Å². The Bertz CT molecular complexity index is 858. The van der Waals surface area contributed by atoms with Gasteiger partial charge in [0.1, 0.15) is 11.9 Å². The summed E-state index contributed by atoms with van der Waals surface area (Å²) in [5.74, 6) is -1.00. The lowest BCUT2D eigenvalue weighted by Gasteiger charge is -2.30. The van der Waals surface area contributed by atoms with Crippen molar-refractivity contribution in [1.82, 2.24) is 19.9 Å². The van der Waals surface area contributed by atoms with Gasteiger partial charge in [-0.3, -0.25) is 9.59 Å². The van der Waals surface area contributed by atoms with Crippen molar-refractivity contribution < 1.29 is 18.7 Å². The predicted molar refractivity (Wildman–Crippen MR) is 91.8 cm³/mol. The molecule has 1 aromatic heterocycles. The van der Waals surface area contributed by atoms with Gasteiger partial charge < -0.3 is 15.4 Å². The third kappa shape index (κ3) is 3.42. The molecule has 2 aliphatic rings. The van der Waals surface area contributed by atoms with Gasteiger partial charge in [-0.2, -0.15) is 0 Å². The first-order valence-electron chi connectivity index (χ1n) is 8.91. The maximum atomic E-state index is 13.1. The highest BCUT2D eigenvalue weighted by Gasteiger charge is 2.32. The van der Waals surface area contributed by atoms with Gasteiger partial charge in [-0.1, -0.05) is 17.3 Å². The van der Waals surface area contributed by atoms with Crippen molar-refractivity contribution >= 4 is 11.8 Å². The molecule has 0 unspecified atom stereocenters. The average molecular weight is 373 g/mol. The molecule has 27 heavy (non-hydrogen) atoms. The van der Waals surface area contributed by atoms with Crippen LogP contribution in [0.15, 0.2) is 24.3 Å². The first kappa shape index (κ1) is 17.6. The molecule has 1 atom stereocenters. The fourth-order valence-electron chi connectivity index (χ4n) is 3.57. The number of likely N-dealkylation sites (tertiary alicyclic amines) is 1. The Kier molecular flexibility index (Phi) is 4.61. The number of halogens is 1. The Morgan fingerprint density at radius 2 is 1.89 bits per heavy atom. The van der Waals surface area contributed by atoms with Crippen LogP contribution >= 0.6 is 0 Å². The Morgan fingerprint density at radius 1 is 1.19 bits per heavy atom. The number of ether oxygens (including phenoxy) is 1. The van der Waals surface area contributed by atoms with Gasteiger partial charge in [0.2, 0.25) is 5.91 Å². The summed E-state index contributed by atoms with van der Waals surface area (Å²) in [6.07, 6.45) is 0.857. The van der Waals surface area contributed by atoms with Crippen LogP contribution in [0.5, 0.6) is 0 Å². The molecule has 9 heteroatoms. The number of hydrogen-bond donors (Lipinski definition) is 1. The van der Waals surface area contributed by atoms with E-state index in [0.717, 1.165) is 5.56 Å². The van der Waals surface area contributed by atoms with Crippen molar-refractivity contribution in [2.24, 2.45) is 11.7 Å². The number of hydrogen-bond acceptors (Lipinski definition) is 5. The number of amides is 2. The highest BCUT2D eigenvalue weighted by atomic mass is 19.1. The monoisotopic (exact) mass is 373 g/mol. The van der Waals surface area contributed by atoms with Crippen LogP contribution in [0.4, 0.5) is 4.39 Å². The predicted octanol–water partition coefficient (Wildman–Crippen LogP) is 1.03. The molecule has 4 rings (SSSR count). The molecule has 0 saturated carbocycles. The second-order valence-corrected chi connectivity index (χ2v) is 6.89. The smallest absolute Gasteiger partial charge is 0.276 e. The number of aromatic nitrogens is 3. The zero-order chi connectivity index (χ0) is 19.0. The van der Waals surface area contributed by atoms with Crippen molar-refractivity contribution in [3.8, 4) is 0 Å². The van der Waals surface area contributed by atoms with Crippen LogP contribution in [0, 0.1) is 11.7 Å². The zero-order valence-electron chi connectivity index (χ0n) is 14.7. The summed E-state index contributed by atoms with van der Waals surface area (Å²) in [4.78, 5) is 25.7. The fraction of sp³-hybridized carbons (Fsp3) is 0.444. The van der Waals surface area contributed by atoms with E-state index < -0.39 is 0 Å². The molecule has 3 heterocycles. The molecule has 1 fully saturated rings. The van der Waals surface area contributed by atoms with E-state index in [9.17, 15) is 14.0 Å². The Balaban J connectivity index is 1.46. The van der Waals surface area contributed by atoms with Gasteiger partial charge in [0.25, 0.3) is 5.91 Å². The van der Waals surface area contributed by atoms with Crippen molar-refractivity contribution in [2.45, 2.75) is 32.1 Å². The molecule has 1 aromatic carbocycles. The second-order valence-electron chi connectivity index (χ2n) is 6.89. The minimum atomic E-state index is -0.316. The van der Waals surface area contributed by atoms with Gasteiger partial charge >= 0.3 is 0 Å². The van der Waals surface area contributed by atoms with E-state index in [4.69, 9.17) is 10.5 Å². The van der Waals surface area contributed by atoms with Crippen molar-refractivity contribution in [3.63, 3.8) is 0 Å². The number of primary amides is 1. The third-order valence-electron chi connectivity index (χ3n) is 5.23. The van der Waals surface area contributed by atoms with Gasteiger partial charge in [0.05, 0.1) is 18.8 Å². The van der Waals surface area contributed by atoms with Gasteiger partial charge in [0, 0.05) is 19.0 Å². The molecule has 0 aliphatic carbocycles. The summed E-state index contributed by atoms with van der Waals surface area (Å²) in [5.41, 5.74) is 7.10. The highest BCUT2D eigenvalue weighted by molar-refractivity contribution is 5.93. The summed E-state index contributed by atoms with van der Waals surface area (Å²) in [6.45, 7) is 1.55. The van der Waals surface area contributed by atoms with Crippen LogP contribution in [-0.4, -0.2) is 44.8 Å².